The number of piperazine rings is 1. The standard InChI is InChI=1S/C18H24N4O.ClH/c1-4-14-5-7-15(8-6-14)17-11-19-9-10-22(17)18(23)16-12-21(3)20-13(16)2;/h5-8,12,17,19H,4,9-11H2,1-3H3;1H. The summed E-state index contributed by atoms with van der Waals surface area (Å²) < 4.78 is 1.70. The minimum atomic E-state index is 0. The second-order valence-electron chi connectivity index (χ2n) is 6.12. The Balaban J connectivity index is 0.00000208. The van der Waals surface area contributed by atoms with E-state index in [0.717, 1.165) is 25.2 Å². The minimum absolute atomic E-state index is 0. The number of aromatic nitrogens is 2. The van der Waals surface area contributed by atoms with Gasteiger partial charge in [0.2, 0.25) is 0 Å². The van der Waals surface area contributed by atoms with Crippen molar-refractivity contribution >= 4 is 18.3 Å². The van der Waals surface area contributed by atoms with Crippen LogP contribution in [0.25, 0.3) is 0 Å². The van der Waals surface area contributed by atoms with Crippen LogP contribution in [0.2, 0.25) is 0 Å². The number of nitrogens with zero attached hydrogens (tertiary/aromatic N) is 3. The molecule has 2 heterocycles. The molecule has 1 aromatic heterocycles. The van der Waals surface area contributed by atoms with Gasteiger partial charge in [0.25, 0.3) is 5.91 Å². The Morgan fingerprint density at radius 2 is 2.04 bits per heavy atom. The first-order valence-corrected chi connectivity index (χ1v) is 8.21. The molecule has 1 aliphatic heterocycles. The molecule has 1 amide bonds. The monoisotopic (exact) mass is 348 g/mol. The highest BCUT2D eigenvalue weighted by Crippen LogP contribution is 2.25. The van der Waals surface area contributed by atoms with Crippen molar-refractivity contribution in [2.75, 3.05) is 19.6 Å². The van der Waals surface area contributed by atoms with Crippen molar-refractivity contribution in [3.8, 4) is 0 Å². The fraction of sp³-hybridized carbons (Fsp3) is 0.444. The molecule has 1 unspecified atom stereocenters. The summed E-state index contributed by atoms with van der Waals surface area (Å²) in [7, 11) is 1.85. The van der Waals surface area contributed by atoms with Crippen molar-refractivity contribution in [3.63, 3.8) is 0 Å². The normalized spacial score (nSPS) is 17.5. The quantitative estimate of drug-likeness (QED) is 0.927. The summed E-state index contributed by atoms with van der Waals surface area (Å²) in [5.41, 5.74) is 3.99. The largest absolute Gasteiger partial charge is 0.329 e. The zero-order chi connectivity index (χ0) is 16.4. The van der Waals surface area contributed by atoms with Gasteiger partial charge >= 0.3 is 0 Å². The lowest BCUT2D eigenvalue weighted by atomic mass is 10.00. The smallest absolute Gasteiger partial charge is 0.257 e. The van der Waals surface area contributed by atoms with E-state index in [-0.39, 0.29) is 24.4 Å². The van der Waals surface area contributed by atoms with Gasteiger partial charge in [-0.15, -0.1) is 12.4 Å². The molecule has 0 bridgehead atoms. The highest BCUT2D eigenvalue weighted by Gasteiger charge is 2.30. The molecule has 0 spiro atoms. The van der Waals surface area contributed by atoms with E-state index in [1.807, 2.05) is 25.1 Å². The van der Waals surface area contributed by atoms with Crippen LogP contribution in [0, 0.1) is 6.92 Å². The van der Waals surface area contributed by atoms with Gasteiger partial charge in [-0.25, -0.2) is 0 Å². The van der Waals surface area contributed by atoms with Crippen LogP contribution in [-0.4, -0.2) is 40.2 Å². The number of hydrogen-bond acceptors (Lipinski definition) is 3. The maximum atomic E-state index is 13.0. The predicted molar refractivity (Wildman–Crippen MR) is 97.7 cm³/mol. The van der Waals surface area contributed by atoms with Crippen molar-refractivity contribution in [1.29, 1.82) is 0 Å². The zero-order valence-corrected chi connectivity index (χ0v) is 15.3. The van der Waals surface area contributed by atoms with E-state index in [1.165, 1.54) is 11.1 Å². The maximum Gasteiger partial charge on any atom is 0.257 e. The summed E-state index contributed by atoms with van der Waals surface area (Å²) in [4.78, 5) is 15.0. The molecule has 3 rings (SSSR count). The topological polar surface area (TPSA) is 50.2 Å². The lowest BCUT2D eigenvalue weighted by molar-refractivity contribution is 0.0633. The maximum absolute atomic E-state index is 13.0. The average molecular weight is 349 g/mol. The van der Waals surface area contributed by atoms with Gasteiger partial charge in [-0.2, -0.15) is 5.10 Å². The summed E-state index contributed by atoms with van der Waals surface area (Å²) in [5, 5.41) is 7.70. The van der Waals surface area contributed by atoms with E-state index in [9.17, 15) is 4.79 Å². The molecule has 1 fully saturated rings. The molecule has 5 nitrogen and oxygen atoms in total. The van der Waals surface area contributed by atoms with E-state index in [0.29, 0.717) is 12.1 Å². The predicted octanol–water partition coefficient (Wildman–Crippen LogP) is 2.50. The van der Waals surface area contributed by atoms with Crippen LogP contribution in [0.1, 0.15) is 40.1 Å². The molecule has 1 aliphatic rings. The van der Waals surface area contributed by atoms with Gasteiger partial charge in [-0.3, -0.25) is 9.48 Å². The van der Waals surface area contributed by atoms with Crippen molar-refractivity contribution in [2.45, 2.75) is 26.3 Å². The second kappa shape index (κ2) is 7.81. The Kier molecular flexibility index (Phi) is 6.02. The van der Waals surface area contributed by atoms with Gasteiger partial charge in [0.15, 0.2) is 0 Å². The van der Waals surface area contributed by atoms with Crippen LogP contribution < -0.4 is 5.32 Å². The third-order valence-electron chi connectivity index (χ3n) is 4.52. The Morgan fingerprint density at radius 1 is 1.33 bits per heavy atom. The van der Waals surface area contributed by atoms with Gasteiger partial charge in [0.05, 0.1) is 17.3 Å². The first-order chi connectivity index (χ1) is 11.1. The molecule has 130 valence electrons. The Labute approximate surface area is 149 Å². The lowest BCUT2D eigenvalue weighted by Gasteiger charge is -2.36. The molecule has 1 atom stereocenters. The van der Waals surface area contributed by atoms with Crippen LogP contribution >= 0.6 is 12.4 Å². The number of hydrogen-bond donors (Lipinski definition) is 1. The van der Waals surface area contributed by atoms with Crippen molar-refractivity contribution in [3.05, 3.63) is 52.8 Å². The number of nitrogens with one attached hydrogen (secondary N) is 1. The summed E-state index contributed by atoms with van der Waals surface area (Å²) in [5.74, 6) is 0.0710. The van der Waals surface area contributed by atoms with E-state index in [4.69, 9.17) is 0 Å². The molecule has 1 aromatic carbocycles. The van der Waals surface area contributed by atoms with E-state index >= 15 is 0 Å². The van der Waals surface area contributed by atoms with Crippen LogP contribution in [0.5, 0.6) is 0 Å². The number of rotatable bonds is 3. The van der Waals surface area contributed by atoms with Crippen LogP contribution in [-0.2, 0) is 13.5 Å². The molecular formula is C18H25ClN4O. The SMILES string of the molecule is CCc1ccc(C2CNCCN2C(=O)c2cn(C)nc2C)cc1.Cl. The number of halogens is 1. The Bertz CT molecular complexity index is 696. The van der Waals surface area contributed by atoms with Crippen molar-refractivity contribution < 1.29 is 4.79 Å². The average Bonchev–Trinajstić information content (AvgIpc) is 2.92. The van der Waals surface area contributed by atoms with Crippen LogP contribution in [0.3, 0.4) is 0 Å². The molecule has 0 radical (unpaired) electrons. The summed E-state index contributed by atoms with van der Waals surface area (Å²) in [6.07, 6.45) is 2.84. The number of carbonyl (C=O) groups is 1. The Morgan fingerprint density at radius 3 is 2.62 bits per heavy atom. The molecule has 1 N–H and O–H groups in total. The number of benzene rings is 1. The summed E-state index contributed by atoms with van der Waals surface area (Å²) in [6.45, 7) is 6.37. The molecule has 6 heteroatoms. The highest BCUT2D eigenvalue weighted by molar-refractivity contribution is 5.95. The molecule has 1 saturated heterocycles. The molecule has 2 aromatic rings. The molecular weight excluding hydrogens is 324 g/mol. The second-order valence-corrected chi connectivity index (χ2v) is 6.12. The van der Waals surface area contributed by atoms with Gasteiger partial charge < -0.3 is 10.2 Å². The third-order valence-corrected chi connectivity index (χ3v) is 4.52. The fourth-order valence-corrected chi connectivity index (χ4v) is 3.18. The van der Waals surface area contributed by atoms with Crippen molar-refractivity contribution in [1.82, 2.24) is 20.0 Å². The molecule has 0 aliphatic carbocycles. The first kappa shape index (κ1) is 18.5. The number of amides is 1. The van der Waals surface area contributed by atoms with Gasteiger partial charge in [0.1, 0.15) is 0 Å². The lowest BCUT2D eigenvalue weighted by Crippen LogP contribution is -2.48. The highest BCUT2D eigenvalue weighted by atomic mass is 35.5. The molecule has 24 heavy (non-hydrogen) atoms. The van der Waals surface area contributed by atoms with Gasteiger partial charge in [0, 0.05) is 32.9 Å². The number of aryl methyl sites for hydroxylation is 3. The van der Waals surface area contributed by atoms with Gasteiger partial charge in [-0.1, -0.05) is 31.2 Å². The minimum Gasteiger partial charge on any atom is -0.329 e. The van der Waals surface area contributed by atoms with E-state index in [1.54, 1.807) is 4.68 Å². The van der Waals surface area contributed by atoms with Crippen LogP contribution in [0.4, 0.5) is 0 Å². The first-order valence-electron chi connectivity index (χ1n) is 8.21. The van der Waals surface area contributed by atoms with Gasteiger partial charge in [-0.05, 0) is 24.5 Å². The molecule has 0 saturated carbocycles. The number of carbonyl (C=O) groups excluding carboxylic acids is 1. The van der Waals surface area contributed by atoms with E-state index < -0.39 is 0 Å². The summed E-state index contributed by atoms with van der Waals surface area (Å²) in [6, 6.07) is 8.67. The Hall–Kier alpha value is -1.85. The zero-order valence-electron chi connectivity index (χ0n) is 14.5. The fourth-order valence-electron chi connectivity index (χ4n) is 3.18. The summed E-state index contributed by atoms with van der Waals surface area (Å²) >= 11 is 0. The van der Waals surface area contributed by atoms with E-state index in [2.05, 4.69) is 41.6 Å². The van der Waals surface area contributed by atoms with Crippen LogP contribution in [0.15, 0.2) is 30.5 Å². The third kappa shape index (κ3) is 3.62. The van der Waals surface area contributed by atoms with Crippen molar-refractivity contribution in [2.24, 2.45) is 7.05 Å².